The number of benzene rings is 1. The zero-order valence-electron chi connectivity index (χ0n) is 16.9. The van der Waals surface area contributed by atoms with E-state index in [4.69, 9.17) is 4.74 Å². The lowest BCUT2D eigenvalue weighted by Gasteiger charge is -2.34. The van der Waals surface area contributed by atoms with Crippen molar-refractivity contribution >= 4 is 35.8 Å². The van der Waals surface area contributed by atoms with Crippen molar-refractivity contribution in [3.8, 4) is 5.75 Å². The lowest BCUT2D eigenvalue weighted by molar-refractivity contribution is 0.267. The topological polar surface area (TPSA) is 61.8 Å². The Balaban J connectivity index is 0.00000240. The zero-order valence-corrected chi connectivity index (χ0v) is 19.2. The number of ether oxygens (including phenoxy) is 1. The summed E-state index contributed by atoms with van der Waals surface area (Å²) in [5, 5.41) is 7.13. The largest absolute Gasteiger partial charge is 0.493 e. The molecule has 1 unspecified atom stereocenters. The van der Waals surface area contributed by atoms with Crippen LogP contribution in [0.5, 0.6) is 5.75 Å². The molecule has 1 fully saturated rings. The van der Waals surface area contributed by atoms with Crippen LogP contribution in [0.4, 0.5) is 5.82 Å². The average Bonchev–Trinajstić information content (AvgIpc) is 2.77. The Bertz CT molecular complexity index is 793. The van der Waals surface area contributed by atoms with Crippen LogP contribution < -0.4 is 20.3 Å². The van der Waals surface area contributed by atoms with Crippen LogP contribution >= 0.6 is 24.0 Å². The zero-order chi connectivity index (χ0) is 19.2. The van der Waals surface area contributed by atoms with E-state index >= 15 is 0 Å². The molecule has 2 N–H and O–H groups in total. The predicted octanol–water partition coefficient (Wildman–Crippen LogP) is 3.40. The number of rotatable bonds is 4. The minimum Gasteiger partial charge on any atom is -0.493 e. The molecule has 1 saturated heterocycles. The summed E-state index contributed by atoms with van der Waals surface area (Å²) in [6.45, 7) is 3.67. The van der Waals surface area contributed by atoms with Crippen molar-refractivity contribution in [1.29, 1.82) is 0 Å². The van der Waals surface area contributed by atoms with E-state index in [9.17, 15) is 0 Å². The molecule has 156 valence electrons. The van der Waals surface area contributed by atoms with Gasteiger partial charge in [-0.25, -0.2) is 4.98 Å². The molecule has 0 saturated carbocycles. The molecule has 7 heteroatoms. The van der Waals surface area contributed by atoms with Crippen molar-refractivity contribution in [2.45, 2.75) is 31.2 Å². The van der Waals surface area contributed by atoms with Gasteiger partial charge in [-0.1, -0.05) is 24.3 Å². The summed E-state index contributed by atoms with van der Waals surface area (Å²) in [6, 6.07) is 14.9. The number of aromatic nitrogens is 1. The van der Waals surface area contributed by atoms with E-state index in [0.29, 0.717) is 12.0 Å². The fourth-order valence-electron chi connectivity index (χ4n) is 4.03. The van der Waals surface area contributed by atoms with Crippen LogP contribution in [-0.4, -0.2) is 50.3 Å². The van der Waals surface area contributed by atoms with Gasteiger partial charge in [0, 0.05) is 44.8 Å². The molecule has 0 bridgehead atoms. The van der Waals surface area contributed by atoms with Gasteiger partial charge in [0.25, 0.3) is 0 Å². The van der Waals surface area contributed by atoms with E-state index in [1.54, 1.807) is 0 Å². The number of pyridine rings is 1. The number of hydrogen-bond acceptors (Lipinski definition) is 4. The van der Waals surface area contributed by atoms with Crippen molar-refractivity contribution < 1.29 is 4.74 Å². The van der Waals surface area contributed by atoms with Crippen LogP contribution in [0, 0.1) is 0 Å². The smallest absolute Gasteiger partial charge is 0.191 e. The van der Waals surface area contributed by atoms with Crippen LogP contribution in [0.3, 0.4) is 0 Å². The summed E-state index contributed by atoms with van der Waals surface area (Å²) in [5.74, 6) is 3.43. The lowest BCUT2D eigenvalue weighted by Crippen LogP contribution is -2.49. The van der Waals surface area contributed by atoms with E-state index < -0.39 is 0 Å². The monoisotopic (exact) mass is 507 g/mol. The second kappa shape index (κ2) is 10.7. The molecule has 1 aromatic carbocycles. The molecule has 1 atom stereocenters. The van der Waals surface area contributed by atoms with Crippen molar-refractivity contribution in [3.05, 3.63) is 54.2 Å². The van der Waals surface area contributed by atoms with Gasteiger partial charge in [0.2, 0.25) is 0 Å². The Morgan fingerprint density at radius 2 is 1.93 bits per heavy atom. The number of nitrogens with zero attached hydrogens (tertiary/aromatic N) is 3. The summed E-state index contributed by atoms with van der Waals surface area (Å²) in [5.41, 5.74) is 1.29. The SMILES string of the molecule is CN=C(NCC1CCOc2ccccc21)NC1CCN(c2ccccn2)CC1.I. The first-order valence-corrected chi connectivity index (χ1v) is 10.2. The number of aliphatic imine (C=N–C) groups is 1. The first-order chi connectivity index (χ1) is 13.8. The Morgan fingerprint density at radius 1 is 1.14 bits per heavy atom. The van der Waals surface area contributed by atoms with E-state index in [-0.39, 0.29) is 24.0 Å². The number of para-hydroxylation sites is 1. The van der Waals surface area contributed by atoms with Gasteiger partial charge in [-0.05, 0) is 43.0 Å². The summed E-state index contributed by atoms with van der Waals surface area (Å²) in [4.78, 5) is 11.3. The predicted molar refractivity (Wildman–Crippen MR) is 129 cm³/mol. The Kier molecular flexibility index (Phi) is 7.97. The van der Waals surface area contributed by atoms with Crippen molar-refractivity contribution in [2.75, 3.05) is 38.2 Å². The van der Waals surface area contributed by atoms with Gasteiger partial charge in [0.05, 0.1) is 6.61 Å². The van der Waals surface area contributed by atoms with Crippen LogP contribution in [0.15, 0.2) is 53.7 Å². The highest BCUT2D eigenvalue weighted by Crippen LogP contribution is 2.32. The maximum atomic E-state index is 5.77. The molecular formula is C22H30IN5O. The third-order valence-corrected chi connectivity index (χ3v) is 5.63. The van der Waals surface area contributed by atoms with Gasteiger partial charge < -0.3 is 20.3 Å². The number of guanidine groups is 1. The minimum absolute atomic E-state index is 0. The molecule has 4 rings (SSSR count). The maximum absolute atomic E-state index is 5.77. The highest BCUT2D eigenvalue weighted by molar-refractivity contribution is 14.0. The van der Waals surface area contributed by atoms with Crippen LogP contribution in [0.2, 0.25) is 0 Å². The number of fused-ring (bicyclic) bond motifs is 1. The molecule has 1 aromatic heterocycles. The van der Waals surface area contributed by atoms with E-state index in [2.05, 4.69) is 49.8 Å². The number of hydrogen-bond donors (Lipinski definition) is 2. The van der Waals surface area contributed by atoms with Gasteiger partial charge in [-0.3, -0.25) is 4.99 Å². The van der Waals surface area contributed by atoms with Crippen molar-refractivity contribution in [2.24, 2.45) is 4.99 Å². The Labute approximate surface area is 190 Å². The van der Waals surface area contributed by atoms with Gasteiger partial charge in [0.15, 0.2) is 5.96 Å². The highest BCUT2D eigenvalue weighted by Gasteiger charge is 2.23. The molecule has 0 radical (unpaired) electrons. The molecule has 0 amide bonds. The van der Waals surface area contributed by atoms with E-state index in [1.807, 2.05) is 31.4 Å². The molecule has 2 aromatic rings. The maximum Gasteiger partial charge on any atom is 0.191 e. The Morgan fingerprint density at radius 3 is 2.69 bits per heavy atom. The van der Waals surface area contributed by atoms with Gasteiger partial charge in [-0.15, -0.1) is 24.0 Å². The van der Waals surface area contributed by atoms with Crippen molar-refractivity contribution in [3.63, 3.8) is 0 Å². The molecule has 0 aliphatic carbocycles. The number of halogens is 1. The lowest BCUT2D eigenvalue weighted by atomic mass is 9.93. The quantitative estimate of drug-likeness (QED) is 0.378. The summed E-state index contributed by atoms with van der Waals surface area (Å²) in [7, 11) is 1.84. The van der Waals surface area contributed by atoms with Crippen LogP contribution in [-0.2, 0) is 0 Å². The van der Waals surface area contributed by atoms with E-state index in [0.717, 1.165) is 63.0 Å². The normalized spacial score (nSPS) is 19.6. The third-order valence-electron chi connectivity index (χ3n) is 5.63. The van der Waals surface area contributed by atoms with E-state index in [1.165, 1.54) is 5.56 Å². The minimum atomic E-state index is 0. The number of nitrogens with one attached hydrogen (secondary N) is 2. The molecular weight excluding hydrogens is 477 g/mol. The standard InChI is InChI=1S/C22H29N5O.HI/c1-23-22(25-16-17-11-15-28-20-7-3-2-6-19(17)20)26-18-9-13-27(14-10-18)21-8-4-5-12-24-21;/h2-8,12,17-18H,9-11,13-16H2,1H3,(H2,23,25,26);1H. The molecule has 2 aliphatic rings. The highest BCUT2D eigenvalue weighted by atomic mass is 127. The second-order valence-electron chi connectivity index (χ2n) is 7.42. The first kappa shape index (κ1) is 21.7. The summed E-state index contributed by atoms with van der Waals surface area (Å²) < 4.78 is 5.77. The van der Waals surface area contributed by atoms with Gasteiger partial charge in [-0.2, -0.15) is 0 Å². The summed E-state index contributed by atoms with van der Waals surface area (Å²) in [6.07, 6.45) is 5.05. The molecule has 6 nitrogen and oxygen atoms in total. The van der Waals surface area contributed by atoms with Crippen molar-refractivity contribution in [1.82, 2.24) is 15.6 Å². The fourth-order valence-corrected chi connectivity index (χ4v) is 4.03. The van der Waals surface area contributed by atoms with Gasteiger partial charge in [0.1, 0.15) is 11.6 Å². The summed E-state index contributed by atoms with van der Waals surface area (Å²) >= 11 is 0. The first-order valence-electron chi connectivity index (χ1n) is 10.2. The van der Waals surface area contributed by atoms with Crippen LogP contribution in [0.1, 0.15) is 30.7 Å². The Hall–Kier alpha value is -2.03. The molecule has 0 spiro atoms. The fraction of sp³-hybridized carbons (Fsp3) is 0.455. The van der Waals surface area contributed by atoms with Gasteiger partial charge >= 0.3 is 0 Å². The number of anilines is 1. The second-order valence-corrected chi connectivity index (χ2v) is 7.42. The molecule has 3 heterocycles. The average molecular weight is 507 g/mol. The molecule has 29 heavy (non-hydrogen) atoms. The third kappa shape index (κ3) is 5.52. The number of piperidine rings is 1. The molecule has 2 aliphatic heterocycles. The van der Waals surface area contributed by atoms with Crippen LogP contribution in [0.25, 0.3) is 0 Å².